The summed E-state index contributed by atoms with van der Waals surface area (Å²) >= 11 is 0. The molecule has 0 aliphatic carbocycles. The van der Waals surface area contributed by atoms with E-state index in [9.17, 15) is 14.0 Å². The Morgan fingerprint density at radius 1 is 1.41 bits per heavy atom. The van der Waals surface area contributed by atoms with Crippen LogP contribution in [0.5, 0.6) is 0 Å². The minimum Gasteiger partial charge on any atom is -0.338 e. The van der Waals surface area contributed by atoms with Crippen LogP contribution >= 0.6 is 0 Å². The van der Waals surface area contributed by atoms with Gasteiger partial charge in [-0.3, -0.25) is 4.79 Å². The second-order valence-corrected chi connectivity index (χ2v) is 5.49. The van der Waals surface area contributed by atoms with Crippen LogP contribution < -0.4 is 15.5 Å². The van der Waals surface area contributed by atoms with E-state index >= 15 is 0 Å². The maximum absolute atomic E-state index is 13.2. The van der Waals surface area contributed by atoms with E-state index < -0.39 is 0 Å². The summed E-state index contributed by atoms with van der Waals surface area (Å²) in [5.41, 5.74) is 0.526. The van der Waals surface area contributed by atoms with Crippen molar-refractivity contribution in [3.05, 3.63) is 30.1 Å². The first-order valence-electron chi connectivity index (χ1n) is 7.70. The summed E-state index contributed by atoms with van der Waals surface area (Å²) in [6, 6.07) is 5.42. The average molecular weight is 307 g/mol. The number of amides is 3. The highest BCUT2D eigenvalue weighted by Crippen LogP contribution is 2.22. The van der Waals surface area contributed by atoms with Gasteiger partial charge in [-0.2, -0.15) is 0 Å². The SMILES string of the molecule is CCCCCNC(=O)NC1CC(=O)N(c2cccc(F)c2)C1. The van der Waals surface area contributed by atoms with Gasteiger partial charge in [-0.15, -0.1) is 0 Å². The molecule has 120 valence electrons. The van der Waals surface area contributed by atoms with Gasteiger partial charge in [-0.1, -0.05) is 25.8 Å². The van der Waals surface area contributed by atoms with Gasteiger partial charge in [0, 0.05) is 25.2 Å². The van der Waals surface area contributed by atoms with Gasteiger partial charge in [0.15, 0.2) is 0 Å². The first-order valence-corrected chi connectivity index (χ1v) is 7.70. The number of anilines is 1. The van der Waals surface area contributed by atoms with Gasteiger partial charge in [-0.05, 0) is 24.6 Å². The van der Waals surface area contributed by atoms with E-state index in [1.54, 1.807) is 12.1 Å². The molecule has 1 aliphatic heterocycles. The quantitative estimate of drug-likeness (QED) is 0.793. The van der Waals surface area contributed by atoms with Gasteiger partial charge < -0.3 is 15.5 Å². The molecule has 1 aromatic carbocycles. The zero-order chi connectivity index (χ0) is 15.9. The third-order valence-electron chi connectivity index (χ3n) is 3.65. The number of carbonyl (C=O) groups excluding carboxylic acids is 2. The normalized spacial score (nSPS) is 17.6. The first-order chi connectivity index (χ1) is 10.6. The van der Waals surface area contributed by atoms with Gasteiger partial charge in [0.05, 0.1) is 6.04 Å². The Balaban J connectivity index is 1.83. The van der Waals surface area contributed by atoms with Crippen molar-refractivity contribution in [1.82, 2.24) is 10.6 Å². The van der Waals surface area contributed by atoms with Crippen LogP contribution in [0, 0.1) is 5.82 Å². The van der Waals surface area contributed by atoms with Crippen molar-refractivity contribution in [2.75, 3.05) is 18.0 Å². The largest absolute Gasteiger partial charge is 0.338 e. The molecule has 1 aromatic rings. The van der Waals surface area contributed by atoms with Crippen molar-refractivity contribution in [1.29, 1.82) is 0 Å². The first kappa shape index (κ1) is 16.3. The van der Waals surface area contributed by atoms with E-state index in [1.165, 1.54) is 17.0 Å². The molecule has 0 spiro atoms. The number of urea groups is 1. The summed E-state index contributed by atoms with van der Waals surface area (Å²) in [4.78, 5) is 25.3. The summed E-state index contributed by atoms with van der Waals surface area (Å²) < 4.78 is 13.2. The lowest BCUT2D eigenvalue weighted by Crippen LogP contribution is -2.43. The van der Waals surface area contributed by atoms with E-state index in [-0.39, 0.29) is 30.2 Å². The van der Waals surface area contributed by atoms with Crippen molar-refractivity contribution < 1.29 is 14.0 Å². The molecule has 0 bridgehead atoms. The number of carbonyl (C=O) groups is 2. The Bertz CT molecular complexity index is 536. The van der Waals surface area contributed by atoms with Crippen LogP contribution in [0.1, 0.15) is 32.6 Å². The van der Waals surface area contributed by atoms with Crippen molar-refractivity contribution >= 4 is 17.6 Å². The summed E-state index contributed by atoms with van der Waals surface area (Å²) in [6.45, 7) is 3.10. The third-order valence-corrected chi connectivity index (χ3v) is 3.65. The zero-order valence-electron chi connectivity index (χ0n) is 12.8. The van der Waals surface area contributed by atoms with Crippen LogP contribution in [0.25, 0.3) is 0 Å². The molecule has 22 heavy (non-hydrogen) atoms. The van der Waals surface area contributed by atoms with Gasteiger partial charge in [0.2, 0.25) is 5.91 Å². The van der Waals surface area contributed by atoms with Crippen molar-refractivity contribution in [3.8, 4) is 0 Å². The maximum Gasteiger partial charge on any atom is 0.315 e. The Hall–Kier alpha value is -2.11. The van der Waals surface area contributed by atoms with Gasteiger partial charge in [0.1, 0.15) is 5.82 Å². The van der Waals surface area contributed by atoms with Crippen LogP contribution in [0.4, 0.5) is 14.9 Å². The molecule has 1 unspecified atom stereocenters. The van der Waals surface area contributed by atoms with Crippen LogP contribution in [0.15, 0.2) is 24.3 Å². The summed E-state index contributed by atoms with van der Waals surface area (Å²) in [6.07, 6.45) is 3.36. The molecular weight excluding hydrogens is 285 g/mol. The summed E-state index contributed by atoms with van der Waals surface area (Å²) in [5, 5.41) is 5.58. The topological polar surface area (TPSA) is 61.4 Å². The monoisotopic (exact) mass is 307 g/mol. The number of halogens is 1. The number of nitrogens with zero attached hydrogens (tertiary/aromatic N) is 1. The van der Waals surface area contributed by atoms with Gasteiger partial charge >= 0.3 is 6.03 Å². The van der Waals surface area contributed by atoms with E-state index in [0.29, 0.717) is 18.8 Å². The number of rotatable bonds is 6. The molecule has 0 saturated carbocycles. The fourth-order valence-electron chi connectivity index (χ4n) is 2.51. The standard InChI is InChI=1S/C16H22FN3O2/c1-2-3-4-8-18-16(22)19-13-10-15(21)20(11-13)14-7-5-6-12(17)9-14/h5-7,9,13H,2-4,8,10-11H2,1H3,(H2,18,19,22). The average Bonchev–Trinajstić information content (AvgIpc) is 2.84. The van der Waals surface area contributed by atoms with Crippen LogP contribution in [0.3, 0.4) is 0 Å². The highest BCUT2D eigenvalue weighted by molar-refractivity contribution is 5.96. The molecule has 3 amide bonds. The molecule has 0 aromatic heterocycles. The number of hydrogen-bond donors (Lipinski definition) is 2. The highest BCUT2D eigenvalue weighted by atomic mass is 19.1. The zero-order valence-corrected chi connectivity index (χ0v) is 12.8. The smallest absolute Gasteiger partial charge is 0.315 e. The fourth-order valence-corrected chi connectivity index (χ4v) is 2.51. The molecule has 1 fully saturated rings. The lowest BCUT2D eigenvalue weighted by molar-refractivity contribution is -0.117. The van der Waals surface area contributed by atoms with E-state index in [1.807, 2.05) is 0 Å². The summed E-state index contributed by atoms with van der Waals surface area (Å²) in [5.74, 6) is -0.489. The van der Waals surface area contributed by atoms with E-state index in [0.717, 1.165) is 19.3 Å². The van der Waals surface area contributed by atoms with E-state index in [4.69, 9.17) is 0 Å². The lowest BCUT2D eigenvalue weighted by atomic mass is 10.2. The molecule has 1 saturated heterocycles. The Morgan fingerprint density at radius 3 is 2.95 bits per heavy atom. The van der Waals surface area contributed by atoms with Crippen molar-refractivity contribution in [2.24, 2.45) is 0 Å². The predicted octanol–water partition coefficient (Wildman–Crippen LogP) is 2.42. The molecule has 1 heterocycles. The van der Waals surface area contributed by atoms with Crippen LogP contribution in [-0.4, -0.2) is 31.1 Å². The number of unbranched alkanes of at least 4 members (excludes halogenated alkanes) is 2. The van der Waals surface area contributed by atoms with Crippen molar-refractivity contribution in [2.45, 2.75) is 38.6 Å². The Labute approximate surface area is 129 Å². The second-order valence-electron chi connectivity index (χ2n) is 5.49. The number of hydrogen-bond acceptors (Lipinski definition) is 2. The number of benzene rings is 1. The Morgan fingerprint density at radius 2 is 2.23 bits per heavy atom. The fraction of sp³-hybridized carbons (Fsp3) is 0.500. The lowest BCUT2D eigenvalue weighted by Gasteiger charge is -2.17. The second kappa shape index (κ2) is 7.77. The van der Waals surface area contributed by atoms with Crippen molar-refractivity contribution in [3.63, 3.8) is 0 Å². The van der Waals surface area contributed by atoms with Gasteiger partial charge in [-0.25, -0.2) is 9.18 Å². The molecular formula is C16H22FN3O2. The van der Waals surface area contributed by atoms with Crippen LogP contribution in [-0.2, 0) is 4.79 Å². The van der Waals surface area contributed by atoms with E-state index in [2.05, 4.69) is 17.6 Å². The number of nitrogens with one attached hydrogen (secondary N) is 2. The molecule has 1 aliphatic rings. The molecule has 1 atom stereocenters. The molecule has 0 radical (unpaired) electrons. The minimum atomic E-state index is -0.379. The Kier molecular flexibility index (Phi) is 5.75. The molecule has 5 nitrogen and oxygen atoms in total. The molecule has 2 N–H and O–H groups in total. The van der Waals surface area contributed by atoms with Crippen LogP contribution in [0.2, 0.25) is 0 Å². The highest BCUT2D eigenvalue weighted by Gasteiger charge is 2.31. The third kappa shape index (κ3) is 4.44. The van der Waals surface area contributed by atoms with Gasteiger partial charge in [0.25, 0.3) is 0 Å². The maximum atomic E-state index is 13.2. The molecule has 2 rings (SSSR count). The minimum absolute atomic E-state index is 0.109. The summed E-state index contributed by atoms with van der Waals surface area (Å²) in [7, 11) is 0. The predicted molar refractivity (Wildman–Crippen MR) is 83.2 cm³/mol. The molecule has 6 heteroatoms.